The summed E-state index contributed by atoms with van der Waals surface area (Å²) in [6.07, 6.45) is 0.721. The van der Waals surface area contributed by atoms with Crippen molar-refractivity contribution in [3.63, 3.8) is 0 Å². The van der Waals surface area contributed by atoms with Gasteiger partial charge in [0, 0.05) is 11.1 Å². The van der Waals surface area contributed by atoms with E-state index in [4.69, 9.17) is 21.1 Å². The Morgan fingerprint density at radius 1 is 1.26 bits per heavy atom. The van der Waals surface area contributed by atoms with Crippen LogP contribution in [0.15, 0.2) is 23.0 Å². The summed E-state index contributed by atoms with van der Waals surface area (Å²) in [5, 5.41) is 5.60. The number of hydrogen-bond donors (Lipinski definition) is 0. The lowest BCUT2D eigenvalue weighted by atomic mass is 10.1. The Kier molecular flexibility index (Phi) is 5.76. The van der Waals surface area contributed by atoms with E-state index in [1.807, 2.05) is 20.8 Å². The molecule has 0 amide bonds. The van der Waals surface area contributed by atoms with Crippen LogP contribution >= 0.6 is 22.9 Å². The first-order valence-corrected chi connectivity index (χ1v) is 9.50. The highest BCUT2D eigenvalue weighted by Crippen LogP contribution is 2.27. The number of benzene rings is 1. The van der Waals surface area contributed by atoms with Gasteiger partial charge in [-0.05, 0) is 43.5 Å². The molecular weight excluding hydrogens is 390 g/mol. The number of carbonyl (C=O) groups is 1. The van der Waals surface area contributed by atoms with Gasteiger partial charge in [-0.2, -0.15) is 9.61 Å². The fourth-order valence-corrected chi connectivity index (χ4v) is 3.75. The van der Waals surface area contributed by atoms with Gasteiger partial charge >= 0.3 is 5.97 Å². The number of rotatable bonds is 6. The van der Waals surface area contributed by atoms with Gasteiger partial charge in [0.15, 0.2) is 6.61 Å². The smallest absolute Gasteiger partial charge is 0.344 e. The Balaban J connectivity index is 1.62. The van der Waals surface area contributed by atoms with Gasteiger partial charge < -0.3 is 9.47 Å². The van der Waals surface area contributed by atoms with Crippen molar-refractivity contribution in [2.75, 3.05) is 6.61 Å². The summed E-state index contributed by atoms with van der Waals surface area (Å²) in [6.45, 7) is 5.31. The van der Waals surface area contributed by atoms with Crippen molar-refractivity contribution in [3.8, 4) is 5.75 Å². The second kappa shape index (κ2) is 8.06. The average Bonchev–Trinajstić information content (AvgIpc) is 3.03. The first kappa shape index (κ1) is 19.3. The number of hydrogen-bond acceptors (Lipinski definition) is 7. The summed E-state index contributed by atoms with van der Waals surface area (Å²) in [6, 6.07) is 4.84. The van der Waals surface area contributed by atoms with E-state index in [0.29, 0.717) is 21.4 Å². The minimum Gasteiger partial charge on any atom is -0.481 e. The van der Waals surface area contributed by atoms with Crippen LogP contribution < -0.4 is 10.3 Å². The van der Waals surface area contributed by atoms with Crippen LogP contribution in [0.5, 0.6) is 5.75 Å². The summed E-state index contributed by atoms with van der Waals surface area (Å²) in [5.41, 5.74) is 1.75. The molecule has 0 fully saturated rings. The van der Waals surface area contributed by atoms with Gasteiger partial charge in [0.1, 0.15) is 17.4 Å². The highest BCUT2D eigenvalue weighted by atomic mass is 35.5. The van der Waals surface area contributed by atoms with E-state index in [9.17, 15) is 9.59 Å². The molecule has 0 aliphatic rings. The number of fused-ring (bicyclic) bond motifs is 1. The molecule has 142 valence electrons. The average molecular weight is 408 g/mol. The maximum absolute atomic E-state index is 12.1. The third kappa shape index (κ3) is 4.45. The summed E-state index contributed by atoms with van der Waals surface area (Å²) >= 11 is 7.32. The first-order chi connectivity index (χ1) is 12.9. The van der Waals surface area contributed by atoms with Crippen LogP contribution in [-0.2, 0) is 22.6 Å². The first-order valence-electron chi connectivity index (χ1n) is 8.31. The van der Waals surface area contributed by atoms with Gasteiger partial charge in [-0.25, -0.2) is 9.78 Å². The summed E-state index contributed by atoms with van der Waals surface area (Å²) < 4.78 is 12.0. The molecule has 0 saturated heterocycles. The normalized spacial score (nSPS) is 11.0. The highest BCUT2D eigenvalue weighted by molar-refractivity contribution is 7.16. The number of aryl methyl sites for hydroxylation is 3. The van der Waals surface area contributed by atoms with E-state index in [1.54, 1.807) is 12.1 Å². The molecule has 2 aromatic heterocycles. The van der Waals surface area contributed by atoms with Crippen molar-refractivity contribution in [2.24, 2.45) is 0 Å². The van der Waals surface area contributed by atoms with Crippen molar-refractivity contribution < 1.29 is 14.3 Å². The molecule has 0 bridgehead atoms. The van der Waals surface area contributed by atoms with E-state index in [-0.39, 0.29) is 18.8 Å². The molecule has 0 aliphatic carbocycles. The molecule has 0 N–H and O–H groups in total. The van der Waals surface area contributed by atoms with Crippen molar-refractivity contribution in [1.29, 1.82) is 0 Å². The van der Waals surface area contributed by atoms with Crippen LogP contribution in [0, 0.1) is 13.8 Å². The van der Waals surface area contributed by atoms with Gasteiger partial charge in [0.25, 0.3) is 5.56 Å². The molecule has 0 radical (unpaired) electrons. The lowest BCUT2D eigenvalue weighted by Gasteiger charge is -2.12. The zero-order valence-corrected chi connectivity index (χ0v) is 16.7. The van der Waals surface area contributed by atoms with Crippen LogP contribution in [-0.4, -0.2) is 27.2 Å². The number of nitrogens with zero attached hydrogens (tertiary/aromatic N) is 3. The largest absolute Gasteiger partial charge is 0.481 e. The van der Waals surface area contributed by atoms with Gasteiger partial charge in [-0.1, -0.05) is 29.9 Å². The van der Waals surface area contributed by atoms with Crippen molar-refractivity contribution in [3.05, 3.63) is 55.4 Å². The molecule has 9 heteroatoms. The summed E-state index contributed by atoms with van der Waals surface area (Å²) in [7, 11) is 0. The SMILES string of the molecule is CCc1nn2c(=O)cc(COC(=O)COc3c(C)cc(Cl)cc3C)nc2s1. The number of carbonyl (C=O) groups excluding carboxylic acids is 1. The summed E-state index contributed by atoms with van der Waals surface area (Å²) in [5.74, 6) is 0.0511. The molecule has 0 saturated carbocycles. The molecule has 0 atom stereocenters. The van der Waals surface area contributed by atoms with E-state index >= 15 is 0 Å². The van der Waals surface area contributed by atoms with Crippen LogP contribution in [0.25, 0.3) is 4.96 Å². The van der Waals surface area contributed by atoms with E-state index < -0.39 is 5.97 Å². The minimum atomic E-state index is -0.552. The van der Waals surface area contributed by atoms with Crippen molar-refractivity contribution >= 4 is 33.9 Å². The Morgan fingerprint density at radius 3 is 2.63 bits per heavy atom. The molecule has 7 nitrogen and oxygen atoms in total. The van der Waals surface area contributed by atoms with E-state index in [1.165, 1.54) is 21.9 Å². The topological polar surface area (TPSA) is 82.8 Å². The molecule has 3 aromatic rings. The highest BCUT2D eigenvalue weighted by Gasteiger charge is 2.12. The number of ether oxygens (including phenoxy) is 2. The molecule has 27 heavy (non-hydrogen) atoms. The third-order valence-corrected chi connectivity index (χ3v) is 5.05. The number of halogens is 1. The molecule has 0 unspecified atom stereocenters. The zero-order valence-electron chi connectivity index (χ0n) is 15.1. The lowest BCUT2D eigenvalue weighted by Crippen LogP contribution is -2.19. The molecule has 3 rings (SSSR count). The Hall–Kier alpha value is -2.45. The van der Waals surface area contributed by atoms with Gasteiger partial charge in [0.05, 0.1) is 5.69 Å². The predicted octanol–water partition coefficient (Wildman–Crippen LogP) is 3.11. The van der Waals surface area contributed by atoms with Gasteiger partial charge in [-0.3, -0.25) is 4.79 Å². The zero-order chi connectivity index (χ0) is 19.6. The van der Waals surface area contributed by atoms with Crippen molar-refractivity contribution in [2.45, 2.75) is 33.8 Å². The standard InChI is InChI=1S/C18H18ClN3O4S/c1-4-14-21-22-15(23)7-13(20-18(22)27-14)8-25-16(24)9-26-17-10(2)5-12(19)6-11(17)3/h5-7H,4,8-9H2,1-3H3. The minimum absolute atomic E-state index is 0.105. The van der Waals surface area contributed by atoms with Crippen LogP contribution in [0.3, 0.4) is 0 Å². The van der Waals surface area contributed by atoms with Gasteiger partial charge in [-0.15, -0.1) is 0 Å². The molecular formula is C18H18ClN3O4S. The molecule has 0 spiro atoms. The number of esters is 1. The van der Waals surface area contributed by atoms with Crippen molar-refractivity contribution in [1.82, 2.24) is 14.6 Å². The molecule has 1 aromatic carbocycles. The predicted molar refractivity (Wildman–Crippen MR) is 103 cm³/mol. The summed E-state index contributed by atoms with van der Waals surface area (Å²) in [4.78, 5) is 28.9. The van der Waals surface area contributed by atoms with Crippen LogP contribution in [0.4, 0.5) is 0 Å². The fraction of sp³-hybridized carbons (Fsp3) is 0.333. The Labute approximate surface area is 164 Å². The molecule has 2 heterocycles. The maximum atomic E-state index is 12.1. The van der Waals surface area contributed by atoms with Crippen LogP contribution in [0.1, 0.15) is 28.8 Å². The maximum Gasteiger partial charge on any atom is 0.344 e. The second-order valence-electron chi connectivity index (χ2n) is 5.95. The third-order valence-electron chi connectivity index (χ3n) is 3.78. The Morgan fingerprint density at radius 2 is 1.96 bits per heavy atom. The molecule has 0 aliphatic heterocycles. The van der Waals surface area contributed by atoms with E-state index in [0.717, 1.165) is 22.6 Å². The lowest BCUT2D eigenvalue weighted by molar-refractivity contribution is -0.147. The Bertz CT molecular complexity index is 1040. The quantitative estimate of drug-likeness (QED) is 0.584. The fourth-order valence-electron chi connectivity index (χ4n) is 2.56. The number of aromatic nitrogens is 3. The second-order valence-corrected chi connectivity index (χ2v) is 7.42. The monoisotopic (exact) mass is 407 g/mol. The van der Waals surface area contributed by atoms with Gasteiger partial charge in [0.2, 0.25) is 4.96 Å². The van der Waals surface area contributed by atoms with Crippen LogP contribution in [0.2, 0.25) is 5.02 Å². The van der Waals surface area contributed by atoms with E-state index in [2.05, 4.69) is 10.1 Å².